The summed E-state index contributed by atoms with van der Waals surface area (Å²) in [5.74, 6) is 1.74. The Kier molecular flexibility index (Phi) is 2.21. The van der Waals surface area contributed by atoms with E-state index < -0.39 is 0 Å². The third-order valence-corrected chi connectivity index (χ3v) is 3.35. The molecule has 4 rings (SSSR count). The second-order valence-electron chi connectivity index (χ2n) is 4.62. The summed E-state index contributed by atoms with van der Waals surface area (Å²) < 4.78 is 11.8. The summed E-state index contributed by atoms with van der Waals surface area (Å²) in [7, 11) is 0. The molecule has 0 saturated heterocycles. The highest BCUT2D eigenvalue weighted by atomic mass is 16.5. The lowest BCUT2D eigenvalue weighted by atomic mass is 10.1. The van der Waals surface area contributed by atoms with Crippen molar-refractivity contribution >= 4 is 17.0 Å². The van der Waals surface area contributed by atoms with Gasteiger partial charge in [-0.25, -0.2) is 0 Å². The summed E-state index contributed by atoms with van der Waals surface area (Å²) in [6, 6.07) is 18.0. The number of hydrogen-bond donors (Lipinski definition) is 0. The molecule has 92 valence electrons. The first-order valence-electron chi connectivity index (χ1n) is 6.32. The van der Waals surface area contributed by atoms with Crippen molar-refractivity contribution < 1.29 is 9.15 Å². The largest absolute Gasteiger partial charge is 0.478 e. The first-order valence-corrected chi connectivity index (χ1v) is 6.32. The lowest BCUT2D eigenvalue weighted by Crippen LogP contribution is -2.07. The zero-order valence-corrected chi connectivity index (χ0v) is 10.2. The van der Waals surface area contributed by atoms with Gasteiger partial charge in [0.2, 0.25) is 0 Å². The molecule has 0 N–H and O–H groups in total. The Morgan fingerprint density at radius 2 is 1.74 bits per heavy atom. The van der Waals surface area contributed by atoms with Gasteiger partial charge in [-0.05, 0) is 24.3 Å². The van der Waals surface area contributed by atoms with Crippen LogP contribution >= 0.6 is 0 Å². The molecule has 3 aromatic rings. The molecule has 0 saturated carbocycles. The van der Waals surface area contributed by atoms with Crippen molar-refractivity contribution in [2.75, 3.05) is 0 Å². The normalized spacial score (nSPS) is 17.2. The zero-order valence-electron chi connectivity index (χ0n) is 10.2. The summed E-state index contributed by atoms with van der Waals surface area (Å²) in [4.78, 5) is 0. The van der Waals surface area contributed by atoms with Gasteiger partial charge in [-0.2, -0.15) is 0 Å². The van der Waals surface area contributed by atoms with Gasteiger partial charge in [-0.15, -0.1) is 0 Å². The minimum absolute atomic E-state index is 0.151. The maximum absolute atomic E-state index is 5.97. The fourth-order valence-corrected chi connectivity index (χ4v) is 2.39. The summed E-state index contributed by atoms with van der Waals surface area (Å²) >= 11 is 0. The van der Waals surface area contributed by atoms with Crippen LogP contribution in [0.2, 0.25) is 0 Å². The number of furan rings is 1. The van der Waals surface area contributed by atoms with Gasteiger partial charge < -0.3 is 9.15 Å². The van der Waals surface area contributed by atoms with Crippen LogP contribution in [0.25, 0.3) is 17.0 Å². The predicted octanol–water partition coefficient (Wildman–Crippen LogP) is 4.58. The van der Waals surface area contributed by atoms with Crippen LogP contribution in [0.1, 0.15) is 17.4 Å². The molecule has 1 aliphatic heterocycles. The minimum Gasteiger partial charge on any atom is -0.478 e. The lowest BCUT2D eigenvalue weighted by Gasteiger charge is -2.19. The van der Waals surface area contributed by atoms with E-state index in [1.165, 1.54) is 0 Å². The summed E-state index contributed by atoms with van der Waals surface area (Å²) in [5.41, 5.74) is 2.00. The average molecular weight is 248 g/mol. The van der Waals surface area contributed by atoms with Gasteiger partial charge in [-0.3, -0.25) is 0 Å². The third kappa shape index (κ3) is 1.73. The smallest absolute Gasteiger partial charge is 0.175 e. The molecular formula is C17H12O2. The Balaban J connectivity index is 1.75. The number of hydrogen-bond acceptors (Lipinski definition) is 2. The highest BCUT2D eigenvalue weighted by molar-refractivity contribution is 5.78. The van der Waals surface area contributed by atoms with E-state index in [-0.39, 0.29) is 6.10 Å². The van der Waals surface area contributed by atoms with E-state index in [2.05, 4.69) is 6.08 Å². The molecule has 1 atom stereocenters. The highest BCUT2D eigenvalue weighted by Crippen LogP contribution is 2.34. The predicted molar refractivity (Wildman–Crippen MR) is 75.1 cm³/mol. The van der Waals surface area contributed by atoms with Gasteiger partial charge in [0.1, 0.15) is 17.1 Å². The molecule has 0 amide bonds. The monoisotopic (exact) mass is 248 g/mol. The van der Waals surface area contributed by atoms with Crippen molar-refractivity contribution in [3.8, 4) is 5.75 Å². The van der Waals surface area contributed by atoms with E-state index in [0.717, 1.165) is 28.0 Å². The summed E-state index contributed by atoms with van der Waals surface area (Å²) in [6.07, 6.45) is 3.96. The fraction of sp³-hybridized carbons (Fsp3) is 0.0588. The van der Waals surface area contributed by atoms with Crippen LogP contribution in [0, 0.1) is 0 Å². The van der Waals surface area contributed by atoms with Crippen LogP contribution in [-0.2, 0) is 0 Å². The lowest BCUT2D eigenvalue weighted by molar-refractivity contribution is 0.222. The van der Waals surface area contributed by atoms with Crippen molar-refractivity contribution in [2.24, 2.45) is 0 Å². The van der Waals surface area contributed by atoms with Gasteiger partial charge in [0.15, 0.2) is 6.10 Å². The van der Waals surface area contributed by atoms with Crippen molar-refractivity contribution in [3.05, 3.63) is 72.0 Å². The minimum atomic E-state index is -0.151. The Bertz CT molecular complexity index is 735. The van der Waals surface area contributed by atoms with E-state index in [9.17, 15) is 0 Å². The van der Waals surface area contributed by atoms with E-state index in [0.29, 0.717) is 0 Å². The van der Waals surface area contributed by atoms with Crippen LogP contribution in [0.4, 0.5) is 0 Å². The van der Waals surface area contributed by atoms with Gasteiger partial charge in [0, 0.05) is 10.9 Å². The third-order valence-electron chi connectivity index (χ3n) is 3.35. The second kappa shape index (κ2) is 4.02. The molecule has 19 heavy (non-hydrogen) atoms. The van der Waals surface area contributed by atoms with Gasteiger partial charge in [0.25, 0.3) is 0 Å². The van der Waals surface area contributed by atoms with Gasteiger partial charge in [0.05, 0.1) is 0 Å². The topological polar surface area (TPSA) is 22.4 Å². The van der Waals surface area contributed by atoms with Crippen LogP contribution in [0.5, 0.6) is 5.75 Å². The summed E-state index contributed by atoms with van der Waals surface area (Å²) in [6.45, 7) is 0. The quantitative estimate of drug-likeness (QED) is 0.629. The maximum Gasteiger partial charge on any atom is 0.175 e. The standard InChI is InChI=1S/C17H12O2/c1-3-7-14-12(5-1)9-10-16(18-14)17-11-13-6-2-4-8-15(13)19-17/h1-11,16H. The molecule has 1 unspecified atom stereocenters. The molecule has 1 aromatic heterocycles. The number of rotatable bonds is 1. The van der Waals surface area contributed by atoms with E-state index in [1.807, 2.05) is 60.7 Å². The Hall–Kier alpha value is -2.48. The number of fused-ring (bicyclic) bond motifs is 2. The molecular weight excluding hydrogens is 236 g/mol. The zero-order chi connectivity index (χ0) is 12.7. The first kappa shape index (κ1) is 10.4. The number of benzene rings is 2. The van der Waals surface area contributed by atoms with E-state index in [1.54, 1.807) is 0 Å². The fourth-order valence-electron chi connectivity index (χ4n) is 2.39. The van der Waals surface area contributed by atoms with Crippen LogP contribution in [0.3, 0.4) is 0 Å². The Labute approximate surface area is 110 Å². The van der Waals surface area contributed by atoms with Gasteiger partial charge in [-0.1, -0.05) is 42.5 Å². The molecule has 0 aliphatic carbocycles. The van der Waals surface area contributed by atoms with E-state index >= 15 is 0 Å². The first-order chi connectivity index (χ1) is 9.40. The molecule has 2 heteroatoms. The van der Waals surface area contributed by atoms with Crippen molar-refractivity contribution in [1.82, 2.24) is 0 Å². The number of para-hydroxylation sites is 2. The molecule has 1 aliphatic rings. The Morgan fingerprint density at radius 1 is 0.895 bits per heavy atom. The molecule has 0 spiro atoms. The highest BCUT2D eigenvalue weighted by Gasteiger charge is 2.19. The molecule has 0 radical (unpaired) electrons. The summed E-state index contributed by atoms with van der Waals surface area (Å²) in [5, 5.41) is 1.10. The molecule has 0 fully saturated rings. The molecule has 0 bridgehead atoms. The number of ether oxygens (including phenoxy) is 1. The molecule has 2 aromatic carbocycles. The SMILES string of the molecule is C1=CC(c2cc3ccccc3o2)Oc2ccccc21. The second-order valence-corrected chi connectivity index (χ2v) is 4.62. The van der Waals surface area contributed by atoms with Crippen molar-refractivity contribution in [2.45, 2.75) is 6.10 Å². The van der Waals surface area contributed by atoms with Crippen LogP contribution in [-0.4, -0.2) is 0 Å². The maximum atomic E-state index is 5.97. The van der Waals surface area contributed by atoms with Crippen LogP contribution < -0.4 is 4.74 Å². The van der Waals surface area contributed by atoms with Crippen molar-refractivity contribution in [1.29, 1.82) is 0 Å². The molecule has 2 nitrogen and oxygen atoms in total. The van der Waals surface area contributed by atoms with Crippen LogP contribution in [0.15, 0.2) is 65.1 Å². The average Bonchev–Trinajstić information content (AvgIpc) is 2.90. The van der Waals surface area contributed by atoms with E-state index in [4.69, 9.17) is 9.15 Å². The van der Waals surface area contributed by atoms with Crippen molar-refractivity contribution in [3.63, 3.8) is 0 Å². The molecule has 2 heterocycles. The van der Waals surface area contributed by atoms with Gasteiger partial charge >= 0.3 is 0 Å². The Morgan fingerprint density at radius 3 is 2.68 bits per heavy atom.